The van der Waals surface area contributed by atoms with Gasteiger partial charge in [0.15, 0.2) is 6.10 Å². The molecule has 1 aliphatic rings. The number of nitrogens with zero attached hydrogens (tertiary/aromatic N) is 1. The zero-order chi connectivity index (χ0) is 16.9. The summed E-state index contributed by atoms with van der Waals surface area (Å²) in [5, 5.41) is 5.60. The maximum absolute atomic E-state index is 12.0. The minimum Gasteiger partial charge on any atom is -0.479 e. The number of pyridine rings is 1. The van der Waals surface area contributed by atoms with Crippen LogP contribution in [0, 0.1) is 0 Å². The molecule has 0 radical (unpaired) electrons. The van der Waals surface area contributed by atoms with E-state index >= 15 is 0 Å². The van der Waals surface area contributed by atoms with E-state index in [-0.39, 0.29) is 11.8 Å². The molecule has 6 heteroatoms. The molecule has 0 aliphatic carbocycles. The van der Waals surface area contributed by atoms with Gasteiger partial charge in [0.2, 0.25) is 5.91 Å². The third kappa shape index (κ3) is 3.90. The molecule has 1 aromatic heterocycles. The number of aromatic nitrogens is 1. The van der Waals surface area contributed by atoms with E-state index in [9.17, 15) is 9.59 Å². The molecule has 2 N–H and O–H groups in total. The Morgan fingerprint density at radius 2 is 2.21 bits per heavy atom. The van der Waals surface area contributed by atoms with E-state index in [1.54, 1.807) is 31.3 Å². The van der Waals surface area contributed by atoms with E-state index in [4.69, 9.17) is 4.74 Å². The first-order valence-electron chi connectivity index (χ1n) is 7.93. The normalized spacial score (nSPS) is 15.9. The maximum atomic E-state index is 12.0. The molecule has 1 aliphatic heterocycles. The van der Waals surface area contributed by atoms with E-state index < -0.39 is 6.10 Å². The van der Waals surface area contributed by atoms with Crippen molar-refractivity contribution in [1.82, 2.24) is 4.98 Å². The van der Waals surface area contributed by atoms with E-state index in [0.717, 1.165) is 18.5 Å². The number of benzene rings is 1. The van der Waals surface area contributed by atoms with Crippen molar-refractivity contribution < 1.29 is 14.3 Å². The first-order chi connectivity index (χ1) is 11.6. The van der Waals surface area contributed by atoms with Crippen LogP contribution in [0.3, 0.4) is 0 Å². The highest BCUT2D eigenvalue weighted by Crippen LogP contribution is 2.32. The molecule has 24 heavy (non-hydrogen) atoms. The fourth-order valence-electron chi connectivity index (χ4n) is 2.49. The minimum atomic E-state index is -0.510. The molecule has 3 rings (SSSR count). The maximum Gasteiger partial charge on any atom is 0.265 e. The summed E-state index contributed by atoms with van der Waals surface area (Å²) >= 11 is 0. The fourth-order valence-corrected chi connectivity index (χ4v) is 2.49. The number of carbonyl (C=O) groups is 2. The minimum absolute atomic E-state index is 0.0673. The number of aryl methyl sites for hydroxylation is 1. The number of carbonyl (C=O) groups excluding carboxylic acids is 2. The second-order valence-corrected chi connectivity index (χ2v) is 5.68. The van der Waals surface area contributed by atoms with Crippen LogP contribution >= 0.6 is 0 Å². The van der Waals surface area contributed by atoms with Crippen LogP contribution in [0.5, 0.6) is 5.75 Å². The number of anilines is 2. The largest absolute Gasteiger partial charge is 0.479 e. The van der Waals surface area contributed by atoms with Crippen LogP contribution in [0.25, 0.3) is 0 Å². The van der Waals surface area contributed by atoms with E-state index in [1.165, 1.54) is 0 Å². The average molecular weight is 325 g/mol. The van der Waals surface area contributed by atoms with Crippen molar-refractivity contribution in [3.8, 4) is 5.75 Å². The first-order valence-corrected chi connectivity index (χ1v) is 7.93. The van der Waals surface area contributed by atoms with E-state index in [1.807, 2.05) is 18.2 Å². The highest BCUT2D eigenvalue weighted by Gasteiger charge is 2.23. The number of hydrogen-bond acceptors (Lipinski definition) is 4. The van der Waals surface area contributed by atoms with Crippen LogP contribution in [0.4, 0.5) is 11.4 Å². The summed E-state index contributed by atoms with van der Waals surface area (Å²) in [6.07, 6.45) is 3.14. The first kappa shape index (κ1) is 16.0. The standard InChI is InChI=1S/C18H19N3O3/c1-12-18(23)21-15-11-14(8-9-16(15)24-12)20-17(22)7-4-6-13-5-2-3-10-19-13/h2-3,5,8-12H,4,6-7H2,1H3,(H,20,22)(H,21,23)/t12-/m1/s1. The molecule has 2 amide bonds. The van der Waals surface area contributed by atoms with Crippen molar-refractivity contribution in [3.63, 3.8) is 0 Å². The van der Waals surface area contributed by atoms with Gasteiger partial charge in [0.05, 0.1) is 5.69 Å². The Labute approximate surface area is 140 Å². The molecule has 0 unspecified atom stereocenters. The molecule has 0 fully saturated rings. The second kappa shape index (κ2) is 7.12. The Bertz CT molecular complexity index is 746. The van der Waals surface area contributed by atoms with Crippen LogP contribution in [-0.2, 0) is 16.0 Å². The van der Waals surface area contributed by atoms with Crippen molar-refractivity contribution in [2.24, 2.45) is 0 Å². The molecule has 124 valence electrons. The van der Waals surface area contributed by atoms with Crippen LogP contribution in [0.15, 0.2) is 42.6 Å². The molecular formula is C18H19N3O3. The number of amides is 2. The molecule has 0 saturated carbocycles. The summed E-state index contributed by atoms with van der Waals surface area (Å²) in [5.74, 6) is 0.346. The Kier molecular flexibility index (Phi) is 4.74. The molecule has 2 heterocycles. The van der Waals surface area contributed by atoms with Gasteiger partial charge in [-0.15, -0.1) is 0 Å². The van der Waals surface area contributed by atoms with Gasteiger partial charge in [0.1, 0.15) is 5.75 Å². The zero-order valence-corrected chi connectivity index (χ0v) is 13.4. The SMILES string of the molecule is C[C@H]1Oc2ccc(NC(=O)CCCc3ccccn3)cc2NC1=O. The van der Waals surface area contributed by atoms with Gasteiger partial charge in [-0.05, 0) is 50.1 Å². The van der Waals surface area contributed by atoms with Gasteiger partial charge < -0.3 is 15.4 Å². The van der Waals surface area contributed by atoms with Crippen LogP contribution < -0.4 is 15.4 Å². The van der Waals surface area contributed by atoms with Crippen LogP contribution in [-0.4, -0.2) is 22.9 Å². The smallest absolute Gasteiger partial charge is 0.265 e. The lowest BCUT2D eigenvalue weighted by Gasteiger charge is -2.23. The third-order valence-electron chi connectivity index (χ3n) is 3.76. The number of hydrogen-bond donors (Lipinski definition) is 2. The van der Waals surface area contributed by atoms with Gasteiger partial charge in [-0.25, -0.2) is 0 Å². The topological polar surface area (TPSA) is 80.3 Å². The predicted octanol–water partition coefficient (Wildman–Crippen LogP) is 2.76. The van der Waals surface area contributed by atoms with E-state index in [0.29, 0.717) is 23.5 Å². The second-order valence-electron chi connectivity index (χ2n) is 5.68. The zero-order valence-electron chi connectivity index (χ0n) is 13.4. The summed E-state index contributed by atoms with van der Waals surface area (Å²) in [4.78, 5) is 27.9. The molecule has 1 aromatic carbocycles. The number of fused-ring (bicyclic) bond motifs is 1. The van der Waals surface area contributed by atoms with Gasteiger partial charge in [-0.2, -0.15) is 0 Å². The lowest BCUT2D eigenvalue weighted by molar-refractivity contribution is -0.122. The van der Waals surface area contributed by atoms with Crippen molar-refractivity contribution in [1.29, 1.82) is 0 Å². The fraction of sp³-hybridized carbons (Fsp3) is 0.278. The summed E-state index contributed by atoms with van der Waals surface area (Å²) < 4.78 is 5.49. The van der Waals surface area contributed by atoms with Crippen molar-refractivity contribution in [2.75, 3.05) is 10.6 Å². The number of nitrogens with one attached hydrogen (secondary N) is 2. The van der Waals surface area contributed by atoms with Gasteiger partial charge in [0.25, 0.3) is 5.91 Å². The van der Waals surface area contributed by atoms with Gasteiger partial charge in [-0.1, -0.05) is 6.07 Å². The molecule has 6 nitrogen and oxygen atoms in total. The summed E-state index contributed by atoms with van der Waals surface area (Å²) in [5.41, 5.74) is 2.19. The Morgan fingerprint density at radius 1 is 1.33 bits per heavy atom. The molecule has 1 atom stereocenters. The molecular weight excluding hydrogens is 306 g/mol. The Balaban J connectivity index is 1.53. The molecule has 0 bridgehead atoms. The highest BCUT2D eigenvalue weighted by molar-refractivity contribution is 5.99. The van der Waals surface area contributed by atoms with Crippen LogP contribution in [0.1, 0.15) is 25.5 Å². The van der Waals surface area contributed by atoms with Gasteiger partial charge in [-0.3, -0.25) is 14.6 Å². The Hall–Kier alpha value is -2.89. The summed E-state index contributed by atoms with van der Waals surface area (Å²) in [6, 6.07) is 11.0. The lowest BCUT2D eigenvalue weighted by atomic mass is 10.1. The number of ether oxygens (including phenoxy) is 1. The number of rotatable bonds is 5. The average Bonchev–Trinajstić information content (AvgIpc) is 2.57. The molecule has 0 saturated heterocycles. The van der Waals surface area contributed by atoms with Crippen molar-refractivity contribution in [2.45, 2.75) is 32.3 Å². The van der Waals surface area contributed by atoms with Gasteiger partial charge >= 0.3 is 0 Å². The lowest BCUT2D eigenvalue weighted by Crippen LogP contribution is -2.34. The molecule has 2 aromatic rings. The summed E-state index contributed by atoms with van der Waals surface area (Å²) in [6.45, 7) is 1.69. The van der Waals surface area contributed by atoms with Crippen molar-refractivity contribution >= 4 is 23.2 Å². The Morgan fingerprint density at radius 3 is 3.00 bits per heavy atom. The summed E-state index contributed by atoms with van der Waals surface area (Å²) in [7, 11) is 0. The van der Waals surface area contributed by atoms with Crippen LogP contribution in [0.2, 0.25) is 0 Å². The third-order valence-corrected chi connectivity index (χ3v) is 3.76. The predicted molar refractivity (Wildman–Crippen MR) is 91.0 cm³/mol. The van der Waals surface area contributed by atoms with Crippen molar-refractivity contribution in [3.05, 3.63) is 48.3 Å². The van der Waals surface area contributed by atoms with Gasteiger partial charge in [0, 0.05) is 24.0 Å². The monoisotopic (exact) mass is 325 g/mol. The van der Waals surface area contributed by atoms with E-state index in [2.05, 4.69) is 15.6 Å². The quantitative estimate of drug-likeness (QED) is 0.886. The highest BCUT2D eigenvalue weighted by atomic mass is 16.5. The molecule has 0 spiro atoms.